The molecular formula is C41H40F3P2RuSn+. The van der Waals surface area contributed by atoms with Gasteiger partial charge in [-0.1, -0.05) is 214 Å². The number of hydrogen-bond acceptors (Lipinski definition) is 0. The Hall–Kier alpha value is -2.61. The zero-order valence-corrected chi connectivity index (χ0v) is 33.1. The first-order valence-corrected chi connectivity index (χ1v) is 21.8. The van der Waals surface area contributed by atoms with Crippen LogP contribution in [0.15, 0.2) is 182 Å². The Morgan fingerprint density at radius 3 is 0.542 bits per heavy atom. The molecule has 48 heavy (non-hydrogen) atoms. The Bertz CT molecular complexity index is 1310. The molecule has 2 radical (unpaired) electrons. The molecule has 6 aromatic carbocycles. The van der Waals surface area contributed by atoms with E-state index in [2.05, 4.69) is 182 Å². The molecule has 6 aromatic rings. The van der Waals surface area contributed by atoms with E-state index in [4.69, 9.17) is 0 Å². The number of benzene rings is 6. The van der Waals surface area contributed by atoms with E-state index in [9.17, 15) is 8.60 Å². The van der Waals surface area contributed by atoms with Gasteiger partial charge in [0.15, 0.2) is 0 Å². The second-order valence-corrected chi connectivity index (χ2v) is 16.3. The number of halogens is 3. The van der Waals surface area contributed by atoms with Gasteiger partial charge in [-0.25, -0.2) is 0 Å². The van der Waals surface area contributed by atoms with Crippen molar-refractivity contribution in [1.82, 2.24) is 0 Å². The maximum absolute atomic E-state index is 9.86. The summed E-state index contributed by atoms with van der Waals surface area (Å²) in [6.07, 6.45) is 7.50. The van der Waals surface area contributed by atoms with Crippen molar-refractivity contribution in [1.29, 1.82) is 0 Å². The van der Waals surface area contributed by atoms with Crippen molar-refractivity contribution in [2.45, 2.75) is 32.1 Å². The number of rotatable bonds is 6. The predicted molar refractivity (Wildman–Crippen MR) is 202 cm³/mol. The Kier molecular flexibility index (Phi) is 19.7. The fourth-order valence-electron chi connectivity index (χ4n) is 5.24. The second kappa shape index (κ2) is 23.7. The van der Waals surface area contributed by atoms with Crippen LogP contribution in [0.2, 0.25) is 0 Å². The van der Waals surface area contributed by atoms with Crippen LogP contribution in [0.3, 0.4) is 0 Å². The fraction of sp³-hybridized carbons (Fsp3) is 0.122. The standard InChI is InChI=1S/2C18H15P.C5H10.3FH.Ru.Sn/c2*1-4-10-16(11-5-1)19(17-12-6-2-7-13-17)18-14-8-3-9-15-18;1-2-4-5-3-1;;;;;/h2*1-15H;1-5H2;3*1H;;/q;;;;;;+1;+3/p-3. The molecule has 7 heteroatoms. The smallest absolute Gasteiger partial charge is 0.0622 e. The molecule has 7 rings (SSSR count). The Morgan fingerprint density at radius 1 is 0.292 bits per heavy atom. The summed E-state index contributed by atoms with van der Waals surface area (Å²) in [6.45, 7) is 0. The Balaban J connectivity index is 0.000000204. The molecule has 0 unspecified atom stereocenters. The van der Waals surface area contributed by atoms with E-state index in [0.29, 0.717) is 0 Å². The van der Waals surface area contributed by atoms with Crippen LogP contribution in [0.5, 0.6) is 0 Å². The molecular weight excluding hydrogens is 831 g/mol. The van der Waals surface area contributed by atoms with Gasteiger partial charge < -0.3 is 0 Å². The first-order chi connectivity index (χ1) is 23.1. The molecule has 1 fully saturated rings. The van der Waals surface area contributed by atoms with Crippen molar-refractivity contribution in [2.24, 2.45) is 0 Å². The van der Waals surface area contributed by atoms with E-state index >= 15 is 0 Å². The van der Waals surface area contributed by atoms with Gasteiger partial charge in [-0.05, 0) is 47.7 Å². The van der Waals surface area contributed by atoms with Gasteiger partial charge in [0.25, 0.3) is 0 Å². The van der Waals surface area contributed by atoms with Crippen LogP contribution in [-0.2, 0) is 19.5 Å². The normalized spacial score (nSPS) is 11.6. The van der Waals surface area contributed by atoms with Gasteiger partial charge >= 0.3 is 49.6 Å². The summed E-state index contributed by atoms with van der Waals surface area (Å²) in [5, 5.41) is 8.39. The SMILES string of the molecule is C1CCCC1.[F][Sn]([F])[F].[Ru+].c1ccc(P(c2ccccc2)c2ccccc2)cc1.c1ccc(P(c2ccccc2)c2ccccc2)cc1. The molecule has 0 spiro atoms. The van der Waals surface area contributed by atoms with E-state index in [1.54, 1.807) is 0 Å². The molecule has 246 valence electrons. The van der Waals surface area contributed by atoms with Gasteiger partial charge in [0.05, 0.1) is 0 Å². The average Bonchev–Trinajstić information content (AvgIpc) is 3.73. The summed E-state index contributed by atoms with van der Waals surface area (Å²) >= 11 is -5.04. The van der Waals surface area contributed by atoms with Gasteiger partial charge in [-0.3, -0.25) is 0 Å². The fourth-order valence-corrected chi connectivity index (χ4v) is 9.85. The molecule has 0 nitrogen and oxygen atoms in total. The summed E-state index contributed by atoms with van der Waals surface area (Å²) < 4.78 is 29.6. The first kappa shape index (κ1) is 39.8. The molecule has 0 N–H and O–H groups in total. The average molecular weight is 871 g/mol. The second-order valence-electron chi connectivity index (χ2n) is 10.7. The van der Waals surface area contributed by atoms with Crippen LogP contribution in [0, 0.1) is 0 Å². The molecule has 0 aliphatic heterocycles. The summed E-state index contributed by atoms with van der Waals surface area (Å²) in [7, 11) is -0.892. The topological polar surface area (TPSA) is 0 Å². The van der Waals surface area contributed by atoms with Crippen LogP contribution in [0.4, 0.5) is 8.60 Å². The quantitative estimate of drug-likeness (QED) is 0.116. The molecule has 0 aromatic heterocycles. The maximum Gasteiger partial charge on any atom is 1.00 e. The minimum absolute atomic E-state index is 0. The van der Waals surface area contributed by atoms with Gasteiger partial charge in [0.2, 0.25) is 0 Å². The molecule has 1 aliphatic carbocycles. The third kappa shape index (κ3) is 14.1. The van der Waals surface area contributed by atoms with E-state index in [-0.39, 0.29) is 19.5 Å². The molecule has 0 amide bonds. The molecule has 1 saturated carbocycles. The van der Waals surface area contributed by atoms with Crippen LogP contribution >= 0.6 is 15.8 Å². The monoisotopic (exact) mass is 873 g/mol. The van der Waals surface area contributed by atoms with E-state index < -0.39 is 37.3 Å². The van der Waals surface area contributed by atoms with E-state index in [1.165, 1.54) is 63.9 Å². The van der Waals surface area contributed by atoms with Crippen molar-refractivity contribution >= 4 is 69.1 Å². The maximum atomic E-state index is 9.86. The molecule has 1 aliphatic rings. The van der Waals surface area contributed by atoms with Gasteiger partial charge in [0, 0.05) is 0 Å². The van der Waals surface area contributed by atoms with Crippen molar-refractivity contribution in [3.63, 3.8) is 0 Å². The van der Waals surface area contributed by atoms with Crippen molar-refractivity contribution in [3.8, 4) is 0 Å². The van der Waals surface area contributed by atoms with Crippen LogP contribution < -0.4 is 31.8 Å². The number of hydrogen-bond donors (Lipinski definition) is 0. The zero-order valence-electron chi connectivity index (χ0n) is 26.7. The molecule has 0 bridgehead atoms. The molecule has 0 atom stereocenters. The zero-order chi connectivity index (χ0) is 32.9. The van der Waals surface area contributed by atoms with Gasteiger partial charge in [0.1, 0.15) is 0 Å². The van der Waals surface area contributed by atoms with Crippen molar-refractivity contribution in [3.05, 3.63) is 182 Å². The van der Waals surface area contributed by atoms with Crippen molar-refractivity contribution in [2.75, 3.05) is 0 Å². The predicted octanol–water partition coefficient (Wildman–Crippen LogP) is 9.72. The minimum Gasteiger partial charge on any atom is -0.0622 e. The largest absolute Gasteiger partial charge is 1.00 e. The first-order valence-electron chi connectivity index (χ1n) is 15.9. The van der Waals surface area contributed by atoms with Crippen LogP contribution in [-0.4, -0.2) is 21.5 Å². The molecule has 0 heterocycles. The summed E-state index contributed by atoms with van der Waals surface area (Å²) in [5.74, 6) is 0. The van der Waals surface area contributed by atoms with Gasteiger partial charge in [-0.2, -0.15) is 0 Å². The third-order valence-corrected chi connectivity index (χ3v) is 12.2. The van der Waals surface area contributed by atoms with Crippen LogP contribution in [0.25, 0.3) is 0 Å². The molecule has 0 saturated heterocycles. The van der Waals surface area contributed by atoms with Gasteiger partial charge in [-0.15, -0.1) is 0 Å². The van der Waals surface area contributed by atoms with Crippen LogP contribution in [0.1, 0.15) is 32.1 Å². The Morgan fingerprint density at radius 2 is 0.417 bits per heavy atom. The summed E-state index contributed by atoms with van der Waals surface area (Å²) in [4.78, 5) is 0. The van der Waals surface area contributed by atoms with E-state index in [0.717, 1.165) is 0 Å². The van der Waals surface area contributed by atoms with E-state index in [1.807, 2.05) is 0 Å². The third-order valence-electron chi connectivity index (χ3n) is 7.34. The van der Waals surface area contributed by atoms with Crippen molar-refractivity contribution < 1.29 is 28.1 Å². The Labute approximate surface area is 309 Å². The summed E-state index contributed by atoms with van der Waals surface area (Å²) in [5.41, 5.74) is 0. The minimum atomic E-state index is -5.04. The summed E-state index contributed by atoms with van der Waals surface area (Å²) in [6, 6.07) is 64.7.